The van der Waals surface area contributed by atoms with Gasteiger partial charge in [-0.15, -0.1) is 0 Å². The summed E-state index contributed by atoms with van der Waals surface area (Å²) in [5.74, 6) is 0. The minimum absolute atomic E-state index is 0.122. The number of amides is 1. The van der Waals surface area contributed by atoms with Gasteiger partial charge in [-0.2, -0.15) is 5.10 Å². The normalized spacial score (nSPS) is 21.0. The van der Waals surface area contributed by atoms with Crippen molar-refractivity contribution in [3.63, 3.8) is 0 Å². The highest BCUT2D eigenvalue weighted by atomic mass is 16.6. The van der Waals surface area contributed by atoms with E-state index in [0.717, 1.165) is 35.7 Å². The van der Waals surface area contributed by atoms with Crippen LogP contribution in [-0.4, -0.2) is 32.9 Å². The number of carbonyl (C=O) groups excluding carboxylic acids is 1. The number of nitrogens with zero attached hydrogens (tertiary/aromatic N) is 3. The number of benzene rings is 2. The fourth-order valence-corrected chi connectivity index (χ4v) is 4.46. The number of aryl methyl sites for hydroxylation is 1. The minimum Gasteiger partial charge on any atom is -0.445 e. The van der Waals surface area contributed by atoms with Crippen LogP contribution in [0.3, 0.4) is 0 Å². The van der Waals surface area contributed by atoms with E-state index in [1.165, 1.54) is 11.1 Å². The highest BCUT2D eigenvalue weighted by Crippen LogP contribution is 2.39. The number of hydrogen-bond donors (Lipinski definition) is 0. The Balaban J connectivity index is 1.33. The number of rotatable bonds is 3. The average molecular weight is 373 g/mol. The van der Waals surface area contributed by atoms with Crippen molar-refractivity contribution in [2.45, 2.75) is 38.0 Å². The van der Waals surface area contributed by atoms with Crippen molar-refractivity contribution in [3.8, 4) is 0 Å². The van der Waals surface area contributed by atoms with Gasteiger partial charge in [0.1, 0.15) is 6.61 Å². The number of carbonyl (C=O) groups is 1. The van der Waals surface area contributed by atoms with Gasteiger partial charge in [-0.1, -0.05) is 48.5 Å². The lowest BCUT2D eigenvalue weighted by Crippen LogP contribution is -2.43. The van der Waals surface area contributed by atoms with Crippen LogP contribution in [0.1, 0.15) is 30.4 Å². The van der Waals surface area contributed by atoms with Crippen LogP contribution < -0.4 is 0 Å². The Morgan fingerprint density at radius 3 is 2.86 bits per heavy atom. The monoisotopic (exact) mass is 373 g/mol. The molecule has 1 aromatic heterocycles. The Bertz CT molecular complexity index is 1050. The quantitative estimate of drug-likeness (QED) is 0.678. The van der Waals surface area contributed by atoms with Gasteiger partial charge in [0.2, 0.25) is 0 Å². The lowest BCUT2D eigenvalue weighted by molar-refractivity contribution is 0.0832. The van der Waals surface area contributed by atoms with E-state index in [4.69, 9.17) is 4.74 Å². The first-order valence-corrected chi connectivity index (χ1v) is 9.81. The lowest BCUT2D eigenvalue weighted by Gasteiger charge is -2.33. The molecule has 3 aromatic rings. The lowest BCUT2D eigenvalue weighted by atomic mass is 9.94. The van der Waals surface area contributed by atoms with Gasteiger partial charge in [-0.25, -0.2) is 4.79 Å². The second-order valence-electron chi connectivity index (χ2n) is 7.72. The molecule has 142 valence electrons. The molecule has 1 amide bonds. The standard InChI is InChI=1S/C23H23N3O2/c1-25-14-18-8-7-17(13-22(18)24-25)19-11-20-9-10-21(12-19)26(20)23(27)28-15-16-5-3-2-4-6-16/h2-8,11,13-14,20-21H,9-10,12,15H2,1H3. The van der Waals surface area contributed by atoms with E-state index < -0.39 is 0 Å². The molecule has 0 radical (unpaired) electrons. The molecule has 1 fully saturated rings. The Morgan fingerprint density at radius 1 is 1.18 bits per heavy atom. The first-order chi connectivity index (χ1) is 13.7. The molecule has 0 saturated carbocycles. The van der Waals surface area contributed by atoms with E-state index in [1.807, 2.05) is 53.2 Å². The topological polar surface area (TPSA) is 47.4 Å². The fraction of sp³-hybridized carbons (Fsp3) is 0.304. The van der Waals surface area contributed by atoms with Crippen molar-refractivity contribution < 1.29 is 9.53 Å². The zero-order valence-corrected chi connectivity index (χ0v) is 15.9. The highest BCUT2D eigenvalue weighted by Gasteiger charge is 2.40. The van der Waals surface area contributed by atoms with E-state index in [9.17, 15) is 4.79 Å². The predicted molar refractivity (Wildman–Crippen MR) is 109 cm³/mol. The van der Waals surface area contributed by atoms with Crippen LogP contribution in [-0.2, 0) is 18.4 Å². The van der Waals surface area contributed by atoms with Gasteiger partial charge in [0.15, 0.2) is 0 Å². The summed E-state index contributed by atoms with van der Waals surface area (Å²) >= 11 is 0. The number of ether oxygens (including phenoxy) is 1. The third kappa shape index (κ3) is 3.07. The first-order valence-electron chi connectivity index (χ1n) is 9.81. The molecule has 2 aliphatic heterocycles. The second kappa shape index (κ2) is 6.82. The van der Waals surface area contributed by atoms with Crippen molar-refractivity contribution >= 4 is 22.6 Å². The maximum Gasteiger partial charge on any atom is 0.410 e. The maximum absolute atomic E-state index is 12.7. The summed E-state index contributed by atoms with van der Waals surface area (Å²) in [6, 6.07) is 16.6. The summed E-state index contributed by atoms with van der Waals surface area (Å²) in [5, 5.41) is 5.67. The van der Waals surface area contributed by atoms with Crippen LogP contribution in [0, 0.1) is 0 Å². The largest absolute Gasteiger partial charge is 0.445 e. The number of hydrogen-bond acceptors (Lipinski definition) is 3. The summed E-state index contributed by atoms with van der Waals surface area (Å²) in [4.78, 5) is 14.7. The van der Waals surface area contributed by atoms with Crippen molar-refractivity contribution in [1.82, 2.24) is 14.7 Å². The minimum atomic E-state index is -0.202. The molecule has 2 atom stereocenters. The summed E-state index contributed by atoms with van der Waals surface area (Å²) in [6.07, 6.45) is 6.97. The van der Waals surface area contributed by atoms with Gasteiger partial charge in [-0.05, 0) is 42.0 Å². The van der Waals surface area contributed by atoms with Crippen molar-refractivity contribution in [1.29, 1.82) is 0 Å². The molecular weight excluding hydrogens is 350 g/mol. The smallest absolute Gasteiger partial charge is 0.410 e. The van der Waals surface area contributed by atoms with Crippen LogP contribution in [0.15, 0.2) is 60.8 Å². The molecule has 5 nitrogen and oxygen atoms in total. The van der Waals surface area contributed by atoms with Gasteiger partial charge in [0, 0.05) is 24.7 Å². The zero-order chi connectivity index (χ0) is 19.1. The van der Waals surface area contributed by atoms with Gasteiger partial charge in [0.05, 0.1) is 11.6 Å². The third-order valence-corrected chi connectivity index (χ3v) is 5.80. The van der Waals surface area contributed by atoms with Crippen LogP contribution in [0.4, 0.5) is 4.79 Å². The summed E-state index contributed by atoms with van der Waals surface area (Å²) in [7, 11) is 1.94. The molecule has 5 rings (SSSR count). The zero-order valence-electron chi connectivity index (χ0n) is 15.9. The van der Waals surface area contributed by atoms with Crippen LogP contribution in [0.25, 0.3) is 16.5 Å². The molecule has 2 bridgehead atoms. The van der Waals surface area contributed by atoms with Crippen LogP contribution in [0.2, 0.25) is 0 Å². The molecule has 2 aromatic carbocycles. The fourth-order valence-electron chi connectivity index (χ4n) is 4.46. The Morgan fingerprint density at radius 2 is 2.04 bits per heavy atom. The van der Waals surface area contributed by atoms with Gasteiger partial charge >= 0.3 is 6.09 Å². The Kier molecular flexibility index (Phi) is 4.15. The molecule has 2 aliphatic rings. The molecule has 3 heterocycles. The molecule has 0 N–H and O–H groups in total. The number of fused-ring (bicyclic) bond motifs is 3. The second-order valence-corrected chi connectivity index (χ2v) is 7.72. The highest BCUT2D eigenvalue weighted by molar-refractivity contribution is 5.84. The third-order valence-electron chi connectivity index (χ3n) is 5.80. The van der Waals surface area contributed by atoms with E-state index in [2.05, 4.69) is 29.4 Å². The first kappa shape index (κ1) is 17.0. The number of aromatic nitrogens is 2. The summed E-state index contributed by atoms with van der Waals surface area (Å²) in [5.41, 5.74) is 4.55. The van der Waals surface area contributed by atoms with Crippen molar-refractivity contribution in [3.05, 3.63) is 71.9 Å². The van der Waals surface area contributed by atoms with Crippen molar-refractivity contribution in [2.24, 2.45) is 7.05 Å². The SMILES string of the molecule is Cn1cc2ccc(C3=CC4CCC(C3)N4C(=O)OCc3ccccc3)cc2n1. The van der Waals surface area contributed by atoms with Gasteiger partial charge in [0.25, 0.3) is 0 Å². The predicted octanol–water partition coefficient (Wildman–Crippen LogP) is 4.53. The molecule has 5 heteroatoms. The van der Waals surface area contributed by atoms with Crippen LogP contribution >= 0.6 is 0 Å². The average Bonchev–Trinajstić information content (AvgIpc) is 3.21. The van der Waals surface area contributed by atoms with E-state index in [0.29, 0.717) is 6.61 Å². The molecule has 0 aliphatic carbocycles. The maximum atomic E-state index is 12.7. The molecule has 1 saturated heterocycles. The molecule has 0 spiro atoms. The van der Waals surface area contributed by atoms with E-state index >= 15 is 0 Å². The molecule has 2 unspecified atom stereocenters. The van der Waals surface area contributed by atoms with E-state index in [-0.39, 0.29) is 18.2 Å². The molecule has 28 heavy (non-hydrogen) atoms. The van der Waals surface area contributed by atoms with Crippen molar-refractivity contribution in [2.75, 3.05) is 0 Å². The Labute approximate surface area is 164 Å². The summed E-state index contributed by atoms with van der Waals surface area (Å²) in [6.45, 7) is 0.322. The molecular formula is C23H23N3O2. The van der Waals surface area contributed by atoms with E-state index in [1.54, 1.807) is 0 Å². The van der Waals surface area contributed by atoms with Gasteiger partial charge < -0.3 is 4.74 Å². The van der Waals surface area contributed by atoms with Gasteiger partial charge in [-0.3, -0.25) is 9.58 Å². The Hall–Kier alpha value is -3.08. The summed E-state index contributed by atoms with van der Waals surface area (Å²) < 4.78 is 7.44. The van der Waals surface area contributed by atoms with Crippen LogP contribution in [0.5, 0.6) is 0 Å².